The van der Waals surface area contributed by atoms with Gasteiger partial charge in [0, 0.05) is 55.7 Å². The Morgan fingerprint density at radius 3 is 2.67 bits per heavy atom. The summed E-state index contributed by atoms with van der Waals surface area (Å²) < 4.78 is 0. The van der Waals surface area contributed by atoms with Gasteiger partial charge in [-0.3, -0.25) is 9.69 Å². The second-order valence-corrected chi connectivity index (χ2v) is 6.24. The molecule has 21 heavy (non-hydrogen) atoms. The molecule has 1 aliphatic carbocycles. The topological polar surface area (TPSA) is 39.3 Å². The van der Waals surface area contributed by atoms with Gasteiger partial charge in [-0.1, -0.05) is 18.2 Å². The van der Waals surface area contributed by atoms with Crippen LogP contribution >= 0.6 is 0 Å². The summed E-state index contributed by atoms with van der Waals surface area (Å²) in [5.74, 6) is 0.743. The lowest BCUT2D eigenvalue weighted by Gasteiger charge is -2.34. The quantitative estimate of drug-likeness (QED) is 0.938. The number of amides is 1. The van der Waals surface area contributed by atoms with Gasteiger partial charge in [0.15, 0.2) is 0 Å². The third-order valence-electron chi connectivity index (χ3n) is 4.68. The minimum Gasteiger partial charge on any atom is -0.361 e. The highest BCUT2D eigenvalue weighted by molar-refractivity contribution is 5.83. The number of aromatic amines is 1. The second-order valence-electron chi connectivity index (χ2n) is 6.24. The number of hydrogen-bond acceptors (Lipinski definition) is 2. The predicted octanol–water partition coefficient (Wildman–Crippen LogP) is 2.22. The molecule has 2 aromatic rings. The molecule has 0 radical (unpaired) electrons. The first-order valence-electron chi connectivity index (χ1n) is 7.87. The fraction of sp³-hybridized carbons (Fsp3) is 0.471. The first kappa shape index (κ1) is 12.9. The number of nitrogens with one attached hydrogen (secondary N) is 1. The maximum Gasteiger partial charge on any atom is 0.225 e. The number of para-hydroxylation sites is 1. The summed E-state index contributed by atoms with van der Waals surface area (Å²) in [6.07, 6.45) is 4.33. The lowest BCUT2D eigenvalue weighted by Crippen LogP contribution is -2.48. The van der Waals surface area contributed by atoms with E-state index in [9.17, 15) is 4.79 Å². The summed E-state index contributed by atoms with van der Waals surface area (Å²) in [6.45, 7) is 4.71. The van der Waals surface area contributed by atoms with Gasteiger partial charge in [0.2, 0.25) is 5.91 Å². The van der Waals surface area contributed by atoms with Gasteiger partial charge in [-0.25, -0.2) is 0 Å². The maximum atomic E-state index is 12.1. The molecule has 0 spiro atoms. The van der Waals surface area contributed by atoms with Crippen molar-refractivity contribution in [1.29, 1.82) is 0 Å². The lowest BCUT2D eigenvalue weighted by atomic mass is 10.1. The molecular formula is C17H21N3O. The molecule has 2 fully saturated rings. The van der Waals surface area contributed by atoms with Gasteiger partial charge < -0.3 is 9.88 Å². The number of nitrogens with zero attached hydrogens (tertiary/aromatic N) is 2. The normalized spacial score (nSPS) is 20.1. The Hall–Kier alpha value is -1.81. The van der Waals surface area contributed by atoms with Crippen LogP contribution in [-0.4, -0.2) is 46.9 Å². The van der Waals surface area contributed by atoms with Gasteiger partial charge in [0.05, 0.1) is 0 Å². The van der Waals surface area contributed by atoms with Gasteiger partial charge in [-0.05, 0) is 24.5 Å². The van der Waals surface area contributed by atoms with E-state index in [1.54, 1.807) is 0 Å². The highest BCUT2D eigenvalue weighted by Gasteiger charge is 2.34. The van der Waals surface area contributed by atoms with Gasteiger partial charge in [0.1, 0.15) is 0 Å². The Kier molecular flexibility index (Phi) is 3.19. The van der Waals surface area contributed by atoms with E-state index in [-0.39, 0.29) is 0 Å². The van der Waals surface area contributed by atoms with E-state index in [0.29, 0.717) is 11.8 Å². The van der Waals surface area contributed by atoms with Crippen LogP contribution in [0.3, 0.4) is 0 Å². The summed E-state index contributed by atoms with van der Waals surface area (Å²) in [5.41, 5.74) is 2.56. The summed E-state index contributed by atoms with van der Waals surface area (Å²) in [5, 5.41) is 1.31. The van der Waals surface area contributed by atoms with Crippen LogP contribution in [0.4, 0.5) is 0 Å². The van der Waals surface area contributed by atoms with Crippen LogP contribution in [0.15, 0.2) is 30.5 Å². The fourth-order valence-corrected chi connectivity index (χ4v) is 3.22. The Morgan fingerprint density at radius 1 is 1.14 bits per heavy atom. The number of H-pyrrole nitrogens is 1. The molecule has 1 aromatic carbocycles. The van der Waals surface area contributed by atoms with Gasteiger partial charge in [-0.2, -0.15) is 0 Å². The molecule has 0 atom stereocenters. The average Bonchev–Trinajstić information content (AvgIpc) is 3.30. The third-order valence-corrected chi connectivity index (χ3v) is 4.68. The second kappa shape index (κ2) is 5.19. The van der Waals surface area contributed by atoms with Crippen LogP contribution in [0.1, 0.15) is 18.4 Å². The van der Waals surface area contributed by atoms with Crippen LogP contribution in [0.2, 0.25) is 0 Å². The highest BCUT2D eigenvalue weighted by atomic mass is 16.2. The van der Waals surface area contributed by atoms with Crippen LogP contribution < -0.4 is 0 Å². The Balaban J connectivity index is 1.39. The SMILES string of the molecule is O=C(C1CC1)N1CCN(Cc2c[nH]c3ccccc23)CC1. The summed E-state index contributed by atoms with van der Waals surface area (Å²) in [6, 6.07) is 8.44. The molecule has 1 amide bonds. The summed E-state index contributed by atoms with van der Waals surface area (Å²) in [7, 11) is 0. The van der Waals surface area contributed by atoms with Crippen LogP contribution in [0, 0.1) is 5.92 Å². The minimum atomic E-state index is 0.352. The molecule has 1 aliphatic heterocycles. The molecule has 1 saturated heterocycles. The van der Waals surface area contributed by atoms with E-state index in [1.807, 2.05) is 0 Å². The number of piperazine rings is 1. The fourth-order valence-electron chi connectivity index (χ4n) is 3.22. The molecule has 4 heteroatoms. The maximum absolute atomic E-state index is 12.1. The van der Waals surface area contributed by atoms with E-state index in [0.717, 1.165) is 45.6 Å². The van der Waals surface area contributed by atoms with Crippen molar-refractivity contribution in [3.05, 3.63) is 36.0 Å². The van der Waals surface area contributed by atoms with Crippen molar-refractivity contribution < 1.29 is 4.79 Å². The molecule has 0 unspecified atom stereocenters. The molecule has 1 saturated carbocycles. The number of carbonyl (C=O) groups is 1. The Bertz CT molecular complexity index is 651. The number of carbonyl (C=O) groups excluding carboxylic acids is 1. The first-order chi connectivity index (χ1) is 10.3. The largest absolute Gasteiger partial charge is 0.361 e. The van der Waals surface area contributed by atoms with Crippen molar-refractivity contribution in [3.8, 4) is 0 Å². The molecule has 1 N–H and O–H groups in total. The van der Waals surface area contributed by atoms with Gasteiger partial charge in [0.25, 0.3) is 0 Å². The average molecular weight is 283 g/mol. The van der Waals surface area contributed by atoms with E-state index in [2.05, 4.69) is 45.2 Å². The van der Waals surface area contributed by atoms with Crippen molar-refractivity contribution in [2.75, 3.05) is 26.2 Å². The Labute approximate surface area is 124 Å². The van der Waals surface area contributed by atoms with E-state index in [1.165, 1.54) is 16.5 Å². The van der Waals surface area contributed by atoms with E-state index in [4.69, 9.17) is 0 Å². The van der Waals surface area contributed by atoms with Gasteiger partial charge in [-0.15, -0.1) is 0 Å². The third kappa shape index (κ3) is 2.56. The standard InChI is InChI=1S/C17H21N3O/c21-17(13-5-6-13)20-9-7-19(8-10-20)12-14-11-18-16-4-2-1-3-15(14)16/h1-4,11,13,18H,5-10,12H2. The summed E-state index contributed by atoms with van der Waals surface area (Å²) >= 11 is 0. The number of hydrogen-bond donors (Lipinski definition) is 1. The molecule has 0 bridgehead atoms. The zero-order chi connectivity index (χ0) is 14.2. The lowest BCUT2D eigenvalue weighted by molar-refractivity contribution is -0.134. The number of aromatic nitrogens is 1. The first-order valence-corrected chi connectivity index (χ1v) is 7.87. The van der Waals surface area contributed by atoms with E-state index >= 15 is 0 Å². The van der Waals surface area contributed by atoms with Crippen molar-refractivity contribution in [3.63, 3.8) is 0 Å². The molecular weight excluding hydrogens is 262 g/mol. The molecule has 4 nitrogen and oxygen atoms in total. The summed E-state index contributed by atoms with van der Waals surface area (Å²) in [4.78, 5) is 19.9. The minimum absolute atomic E-state index is 0.352. The molecule has 4 rings (SSSR count). The Morgan fingerprint density at radius 2 is 1.90 bits per heavy atom. The zero-order valence-electron chi connectivity index (χ0n) is 12.2. The van der Waals surface area contributed by atoms with Gasteiger partial charge >= 0.3 is 0 Å². The van der Waals surface area contributed by atoms with Crippen LogP contribution in [-0.2, 0) is 11.3 Å². The number of benzene rings is 1. The van der Waals surface area contributed by atoms with Crippen LogP contribution in [0.25, 0.3) is 10.9 Å². The van der Waals surface area contributed by atoms with Crippen molar-refractivity contribution in [1.82, 2.24) is 14.8 Å². The predicted molar refractivity (Wildman–Crippen MR) is 82.9 cm³/mol. The molecule has 1 aromatic heterocycles. The monoisotopic (exact) mass is 283 g/mol. The smallest absolute Gasteiger partial charge is 0.225 e. The van der Waals surface area contributed by atoms with E-state index < -0.39 is 0 Å². The zero-order valence-corrected chi connectivity index (χ0v) is 12.2. The van der Waals surface area contributed by atoms with Crippen LogP contribution in [0.5, 0.6) is 0 Å². The molecule has 2 heterocycles. The van der Waals surface area contributed by atoms with Crippen molar-refractivity contribution >= 4 is 16.8 Å². The molecule has 110 valence electrons. The van der Waals surface area contributed by atoms with Crippen molar-refractivity contribution in [2.45, 2.75) is 19.4 Å². The number of fused-ring (bicyclic) bond motifs is 1. The molecule has 2 aliphatic rings. The highest BCUT2D eigenvalue weighted by Crippen LogP contribution is 2.31. The number of rotatable bonds is 3. The van der Waals surface area contributed by atoms with Crippen molar-refractivity contribution in [2.24, 2.45) is 5.92 Å².